The molecule has 1 atom stereocenters. The van der Waals surface area contributed by atoms with Crippen molar-refractivity contribution in [2.45, 2.75) is 25.9 Å². The molecule has 0 unspecified atom stereocenters. The summed E-state index contributed by atoms with van der Waals surface area (Å²) in [6, 6.07) is 16.4. The predicted molar refractivity (Wildman–Crippen MR) is 107 cm³/mol. The molecule has 0 bridgehead atoms. The Bertz CT molecular complexity index is 1060. The molecule has 2 heterocycles. The fraction of sp³-hybridized carbons (Fsp3) is 0.190. The number of amides is 3. The third-order valence-electron chi connectivity index (χ3n) is 4.91. The van der Waals surface area contributed by atoms with E-state index < -0.39 is 11.6 Å². The second-order valence-electron chi connectivity index (χ2n) is 6.81. The summed E-state index contributed by atoms with van der Waals surface area (Å²) in [6.45, 7) is 3.53. The molecule has 28 heavy (non-hydrogen) atoms. The van der Waals surface area contributed by atoms with E-state index in [1.165, 1.54) is 4.90 Å². The first-order valence-electron chi connectivity index (χ1n) is 8.81. The Morgan fingerprint density at radius 2 is 1.79 bits per heavy atom. The van der Waals surface area contributed by atoms with Gasteiger partial charge in [0.2, 0.25) is 5.89 Å². The smallest absolute Gasteiger partial charge is 0.325 e. The van der Waals surface area contributed by atoms with Crippen molar-refractivity contribution in [1.29, 1.82) is 0 Å². The minimum atomic E-state index is -1.14. The summed E-state index contributed by atoms with van der Waals surface area (Å²) in [6.07, 6.45) is 0. The van der Waals surface area contributed by atoms with E-state index in [0.29, 0.717) is 22.9 Å². The Kier molecular flexibility index (Phi) is 4.55. The minimum absolute atomic E-state index is 0.0485. The third kappa shape index (κ3) is 3.01. The zero-order valence-electron chi connectivity index (χ0n) is 15.4. The number of nitrogens with zero attached hydrogens (tertiary/aromatic N) is 2. The number of halogens is 1. The number of rotatable bonds is 4. The molecule has 1 saturated heterocycles. The molecule has 6 nitrogen and oxygen atoms in total. The summed E-state index contributed by atoms with van der Waals surface area (Å²) in [5.41, 5.74) is 0.959. The van der Waals surface area contributed by atoms with Gasteiger partial charge in [-0.25, -0.2) is 9.78 Å². The van der Waals surface area contributed by atoms with E-state index in [-0.39, 0.29) is 12.5 Å². The molecule has 1 aromatic heterocycles. The molecular weight excluding hydrogens is 422 g/mol. The maximum absolute atomic E-state index is 13.1. The van der Waals surface area contributed by atoms with Crippen molar-refractivity contribution in [3.8, 4) is 11.5 Å². The number of benzene rings is 2. The second kappa shape index (κ2) is 6.91. The number of oxazole rings is 1. The van der Waals surface area contributed by atoms with Crippen LogP contribution in [0.25, 0.3) is 11.5 Å². The zero-order chi connectivity index (χ0) is 19.9. The molecular formula is C21H18BrN3O3. The number of aromatic nitrogens is 1. The average molecular weight is 440 g/mol. The molecule has 3 aromatic rings. The van der Waals surface area contributed by atoms with Gasteiger partial charge in [-0.2, -0.15) is 0 Å². The molecule has 1 N–H and O–H groups in total. The van der Waals surface area contributed by atoms with Crippen LogP contribution in [0, 0.1) is 6.92 Å². The number of imide groups is 1. The second-order valence-corrected chi connectivity index (χ2v) is 7.67. The number of carbonyl (C=O) groups excluding carboxylic acids is 2. The van der Waals surface area contributed by atoms with Gasteiger partial charge in [-0.05, 0) is 32.0 Å². The van der Waals surface area contributed by atoms with Crippen LogP contribution in [0.3, 0.4) is 0 Å². The van der Waals surface area contributed by atoms with Gasteiger partial charge in [0.25, 0.3) is 5.91 Å². The highest BCUT2D eigenvalue weighted by Crippen LogP contribution is 2.34. The Morgan fingerprint density at radius 1 is 1.11 bits per heavy atom. The van der Waals surface area contributed by atoms with E-state index in [0.717, 1.165) is 10.0 Å². The Hall–Kier alpha value is -2.93. The third-order valence-corrected chi connectivity index (χ3v) is 5.60. The van der Waals surface area contributed by atoms with Crippen LogP contribution >= 0.6 is 15.9 Å². The summed E-state index contributed by atoms with van der Waals surface area (Å²) in [4.78, 5) is 31.4. The first-order chi connectivity index (χ1) is 13.4. The van der Waals surface area contributed by atoms with Gasteiger partial charge in [0.1, 0.15) is 17.0 Å². The van der Waals surface area contributed by atoms with Crippen LogP contribution < -0.4 is 5.32 Å². The molecule has 0 spiro atoms. The number of hydrogen-bond acceptors (Lipinski definition) is 4. The largest absolute Gasteiger partial charge is 0.441 e. The average Bonchev–Trinajstić information content (AvgIpc) is 3.16. The van der Waals surface area contributed by atoms with Crippen LogP contribution in [0.4, 0.5) is 4.79 Å². The molecule has 4 rings (SSSR count). The van der Waals surface area contributed by atoms with E-state index in [9.17, 15) is 9.59 Å². The van der Waals surface area contributed by atoms with E-state index in [2.05, 4.69) is 26.2 Å². The summed E-state index contributed by atoms with van der Waals surface area (Å²) in [5, 5.41) is 2.81. The number of hydrogen-bond donors (Lipinski definition) is 1. The van der Waals surface area contributed by atoms with Crippen molar-refractivity contribution >= 4 is 27.9 Å². The highest BCUT2D eigenvalue weighted by atomic mass is 79.9. The van der Waals surface area contributed by atoms with Crippen molar-refractivity contribution < 1.29 is 14.0 Å². The van der Waals surface area contributed by atoms with E-state index >= 15 is 0 Å². The monoisotopic (exact) mass is 439 g/mol. The quantitative estimate of drug-likeness (QED) is 0.611. The zero-order valence-corrected chi connectivity index (χ0v) is 17.0. The van der Waals surface area contributed by atoms with Crippen LogP contribution in [0.5, 0.6) is 0 Å². The normalized spacial score (nSPS) is 19.2. The lowest BCUT2D eigenvalue weighted by atomic mass is 9.92. The number of aryl methyl sites for hydroxylation is 1. The van der Waals surface area contributed by atoms with Crippen molar-refractivity contribution in [1.82, 2.24) is 15.2 Å². The van der Waals surface area contributed by atoms with Crippen LogP contribution in [0.2, 0.25) is 0 Å². The summed E-state index contributed by atoms with van der Waals surface area (Å²) in [5.74, 6) is 0.718. The van der Waals surface area contributed by atoms with Gasteiger partial charge in [0.15, 0.2) is 0 Å². The molecule has 0 aliphatic carbocycles. The lowest BCUT2D eigenvalue weighted by Crippen LogP contribution is -2.41. The van der Waals surface area contributed by atoms with Crippen molar-refractivity contribution in [2.75, 3.05) is 0 Å². The van der Waals surface area contributed by atoms with Crippen molar-refractivity contribution in [2.24, 2.45) is 0 Å². The predicted octanol–water partition coefficient (Wildman–Crippen LogP) is 4.38. The van der Waals surface area contributed by atoms with Gasteiger partial charge < -0.3 is 9.73 Å². The van der Waals surface area contributed by atoms with Gasteiger partial charge >= 0.3 is 6.03 Å². The van der Waals surface area contributed by atoms with Crippen molar-refractivity contribution in [3.63, 3.8) is 0 Å². The van der Waals surface area contributed by atoms with E-state index in [1.54, 1.807) is 13.8 Å². The van der Waals surface area contributed by atoms with Gasteiger partial charge in [0.05, 0.1) is 6.54 Å². The maximum atomic E-state index is 13.1. The summed E-state index contributed by atoms with van der Waals surface area (Å²) < 4.78 is 6.51. The Morgan fingerprint density at radius 3 is 2.50 bits per heavy atom. The molecule has 1 aliphatic rings. The Labute approximate surface area is 170 Å². The highest BCUT2D eigenvalue weighted by Gasteiger charge is 2.50. The van der Waals surface area contributed by atoms with Crippen LogP contribution in [0.15, 0.2) is 63.5 Å². The fourth-order valence-electron chi connectivity index (χ4n) is 3.32. The lowest BCUT2D eigenvalue weighted by Gasteiger charge is -2.23. The fourth-order valence-corrected chi connectivity index (χ4v) is 4.00. The number of nitrogens with one attached hydrogen (secondary N) is 1. The molecule has 1 fully saturated rings. The number of urea groups is 1. The van der Waals surface area contributed by atoms with Gasteiger partial charge in [0, 0.05) is 15.6 Å². The number of carbonyl (C=O) groups is 2. The lowest BCUT2D eigenvalue weighted by molar-refractivity contribution is -0.131. The molecule has 1 aliphatic heterocycles. The molecule has 142 valence electrons. The molecule has 2 aromatic carbocycles. The Balaban J connectivity index is 1.63. The van der Waals surface area contributed by atoms with Crippen LogP contribution in [-0.2, 0) is 16.9 Å². The van der Waals surface area contributed by atoms with Crippen LogP contribution in [-0.4, -0.2) is 21.8 Å². The first-order valence-corrected chi connectivity index (χ1v) is 9.60. The van der Waals surface area contributed by atoms with Crippen LogP contribution in [0.1, 0.15) is 23.9 Å². The summed E-state index contributed by atoms with van der Waals surface area (Å²) >= 11 is 3.47. The maximum Gasteiger partial charge on any atom is 0.325 e. The molecule has 0 saturated carbocycles. The minimum Gasteiger partial charge on any atom is -0.441 e. The van der Waals surface area contributed by atoms with Gasteiger partial charge in [-0.1, -0.05) is 52.3 Å². The van der Waals surface area contributed by atoms with E-state index in [1.807, 2.05) is 54.6 Å². The van der Waals surface area contributed by atoms with Crippen molar-refractivity contribution in [3.05, 3.63) is 76.1 Å². The standard InChI is InChI=1S/C21H18BrN3O3/c1-13-17(23-18(28-13)14-8-4-3-5-9-14)12-25-19(26)21(2,24-20(25)27)15-10-6-7-11-16(15)22/h3-11H,12H2,1-2H3,(H,24,27)/t21-/m0/s1. The van der Waals surface area contributed by atoms with Gasteiger partial charge in [-0.3, -0.25) is 9.69 Å². The van der Waals surface area contributed by atoms with E-state index in [4.69, 9.17) is 4.42 Å². The molecule has 7 heteroatoms. The molecule has 0 radical (unpaired) electrons. The topological polar surface area (TPSA) is 75.4 Å². The van der Waals surface area contributed by atoms with Gasteiger partial charge in [-0.15, -0.1) is 0 Å². The first kappa shape index (κ1) is 18.4. The SMILES string of the molecule is Cc1oc(-c2ccccc2)nc1CN1C(=O)N[C@@](C)(c2ccccc2Br)C1=O. The summed E-state index contributed by atoms with van der Waals surface area (Å²) in [7, 11) is 0. The molecule has 3 amide bonds. The highest BCUT2D eigenvalue weighted by molar-refractivity contribution is 9.10.